The van der Waals surface area contributed by atoms with Gasteiger partial charge in [0, 0.05) is 22.3 Å². The summed E-state index contributed by atoms with van der Waals surface area (Å²) in [5.74, 6) is 0.722. The number of nitrogens with zero attached hydrogens (tertiary/aromatic N) is 3. The van der Waals surface area contributed by atoms with Crippen LogP contribution in [0.15, 0.2) is 52.1 Å². The maximum Gasteiger partial charge on any atom is 0.251 e. The van der Waals surface area contributed by atoms with E-state index in [4.69, 9.17) is 0 Å². The molecule has 1 aromatic heterocycles. The van der Waals surface area contributed by atoms with Crippen molar-refractivity contribution in [1.29, 1.82) is 0 Å². The van der Waals surface area contributed by atoms with Gasteiger partial charge in [-0.2, -0.15) is 0 Å². The van der Waals surface area contributed by atoms with Crippen LogP contribution in [0.2, 0.25) is 0 Å². The molecule has 0 aliphatic carbocycles. The average molecular weight is 545 g/mol. The fourth-order valence-electron chi connectivity index (χ4n) is 3.44. The van der Waals surface area contributed by atoms with Crippen molar-refractivity contribution in [2.24, 2.45) is 5.92 Å². The van der Waals surface area contributed by atoms with Crippen molar-refractivity contribution in [1.82, 2.24) is 20.1 Å². The third kappa shape index (κ3) is 6.48. The van der Waals surface area contributed by atoms with Crippen LogP contribution in [0.4, 0.5) is 5.69 Å². The summed E-state index contributed by atoms with van der Waals surface area (Å²) in [6.45, 7) is 10.7. The zero-order chi connectivity index (χ0) is 24.8. The summed E-state index contributed by atoms with van der Waals surface area (Å²) in [7, 11) is 0. The highest BCUT2D eigenvalue weighted by molar-refractivity contribution is 9.10. The van der Waals surface area contributed by atoms with E-state index in [1.54, 1.807) is 0 Å². The van der Waals surface area contributed by atoms with Gasteiger partial charge in [-0.25, -0.2) is 0 Å². The monoisotopic (exact) mass is 543 g/mol. The van der Waals surface area contributed by atoms with Crippen molar-refractivity contribution in [3.8, 4) is 0 Å². The lowest BCUT2D eigenvalue weighted by atomic mass is 10.0. The number of carbonyl (C=O) groups is 2. The molecule has 180 valence electrons. The van der Waals surface area contributed by atoms with Crippen LogP contribution in [0.5, 0.6) is 0 Å². The van der Waals surface area contributed by atoms with Crippen molar-refractivity contribution in [2.45, 2.75) is 52.4 Å². The lowest BCUT2D eigenvalue weighted by Gasteiger charge is -2.22. The highest BCUT2D eigenvalue weighted by atomic mass is 79.9. The van der Waals surface area contributed by atoms with Gasteiger partial charge in [0.1, 0.15) is 0 Å². The first-order chi connectivity index (χ1) is 16.2. The number of nitrogens with one attached hydrogen (secondary N) is 2. The Balaban J connectivity index is 1.70. The maximum atomic E-state index is 12.9. The summed E-state index contributed by atoms with van der Waals surface area (Å²) in [6.07, 6.45) is 0. The van der Waals surface area contributed by atoms with Crippen molar-refractivity contribution in [2.75, 3.05) is 11.1 Å². The first-order valence-electron chi connectivity index (χ1n) is 11.2. The van der Waals surface area contributed by atoms with Gasteiger partial charge in [0.25, 0.3) is 5.91 Å². The van der Waals surface area contributed by atoms with E-state index in [1.165, 1.54) is 11.8 Å². The van der Waals surface area contributed by atoms with Crippen LogP contribution < -0.4 is 10.6 Å². The predicted molar refractivity (Wildman–Crippen MR) is 140 cm³/mol. The Morgan fingerprint density at radius 3 is 2.41 bits per heavy atom. The number of amides is 2. The molecule has 0 saturated heterocycles. The highest BCUT2D eigenvalue weighted by Gasteiger charge is 2.26. The number of rotatable bonds is 9. The van der Waals surface area contributed by atoms with Gasteiger partial charge in [-0.15, -0.1) is 10.2 Å². The number of aromatic nitrogens is 3. The molecule has 2 N–H and O–H groups in total. The SMILES string of the molecule is CCn1c(SCC(=O)Nc2ccc(Br)c(C)c2)nnc1[C@H](NC(=O)c1ccc(C)cc1)C(C)C. The molecule has 0 saturated carbocycles. The van der Waals surface area contributed by atoms with Gasteiger partial charge in [-0.3, -0.25) is 9.59 Å². The van der Waals surface area contributed by atoms with Crippen LogP contribution in [0.25, 0.3) is 0 Å². The van der Waals surface area contributed by atoms with E-state index in [1.807, 2.05) is 81.7 Å². The molecule has 0 radical (unpaired) electrons. The molecule has 9 heteroatoms. The van der Waals surface area contributed by atoms with E-state index < -0.39 is 0 Å². The van der Waals surface area contributed by atoms with Crippen LogP contribution >= 0.6 is 27.7 Å². The van der Waals surface area contributed by atoms with Crippen LogP contribution in [0.3, 0.4) is 0 Å². The topological polar surface area (TPSA) is 88.9 Å². The Hall–Kier alpha value is -2.65. The number of thioether (sulfide) groups is 1. The zero-order valence-corrected chi connectivity index (χ0v) is 22.5. The first kappa shape index (κ1) is 26.0. The normalized spacial score (nSPS) is 12.0. The average Bonchev–Trinajstić information content (AvgIpc) is 3.21. The van der Waals surface area contributed by atoms with E-state index in [0.717, 1.165) is 21.3 Å². The standard InChI is InChI=1S/C25H30BrN5O2S/c1-6-31-23(22(15(2)3)28-24(33)18-9-7-16(4)8-10-18)29-30-25(31)34-14-21(32)27-19-11-12-20(26)17(5)13-19/h7-13,15,22H,6,14H2,1-5H3,(H,27,32)(H,28,33)/t22-/m1/s1. The molecule has 1 heterocycles. The third-order valence-electron chi connectivity index (χ3n) is 5.38. The number of carbonyl (C=O) groups excluding carboxylic acids is 2. The lowest BCUT2D eigenvalue weighted by Crippen LogP contribution is -2.33. The molecule has 0 aliphatic rings. The molecule has 2 amide bonds. The summed E-state index contributed by atoms with van der Waals surface area (Å²) in [5.41, 5.74) is 3.51. The summed E-state index contributed by atoms with van der Waals surface area (Å²) in [4.78, 5) is 25.4. The van der Waals surface area contributed by atoms with Gasteiger partial charge in [0.2, 0.25) is 5.91 Å². The van der Waals surface area contributed by atoms with E-state index in [9.17, 15) is 9.59 Å². The molecule has 7 nitrogen and oxygen atoms in total. The smallest absolute Gasteiger partial charge is 0.251 e. The number of hydrogen-bond donors (Lipinski definition) is 2. The van der Waals surface area contributed by atoms with Gasteiger partial charge in [0.05, 0.1) is 11.8 Å². The minimum atomic E-state index is -0.310. The molecule has 0 fully saturated rings. The van der Waals surface area contributed by atoms with Crippen LogP contribution in [0.1, 0.15) is 54.1 Å². The molecule has 0 unspecified atom stereocenters. The Labute approximate surface area is 213 Å². The lowest BCUT2D eigenvalue weighted by molar-refractivity contribution is -0.113. The summed E-state index contributed by atoms with van der Waals surface area (Å²) in [5, 5.41) is 15.4. The number of aryl methyl sites for hydroxylation is 2. The highest BCUT2D eigenvalue weighted by Crippen LogP contribution is 2.26. The molecule has 0 aliphatic heterocycles. The Bertz CT molecular complexity index is 1160. The fourth-order valence-corrected chi connectivity index (χ4v) is 4.50. The second kappa shape index (κ2) is 11.7. The van der Waals surface area contributed by atoms with Crippen LogP contribution in [0, 0.1) is 19.8 Å². The minimum Gasteiger partial charge on any atom is -0.342 e. The zero-order valence-electron chi connectivity index (χ0n) is 20.1. The van der Waals surface area contributed by atoms with E-state index in [2.05, 4.69) is 36.8 Å². The second-order valence-corrected chi connectivity index (χ2v) is 10.2. The quantitative estimate of drug-likeness (QED) is 0.346. The molecule has 0 spiro atoms. The molecule has 0 bridgehead atoms. The predicted octanol–water partition coefficient (Wildman–Crippen LogP) is 5.54. The maximum absolute atomic E-state index is 12.9. The molecule has 34 heavy (non-hydrogen) atoms. The van der Waals surface area contributed by atoms with E-state index in [-0.39, 0.29) is 29.5 Å². The van der Waals surface area contributed by atoms with Crippen LogP contribution in [-0.2, 0) is 11.3 Å². The van der Waals surface area contributed by atoms with Gasteiger partial charge in [-0.05, 0) is 62.6 Å². The third-order valence-corrected chi connectivity index (χ3v) is 7.24. The van der Waals surface area contributed by atoms with Gasteiger partial charge >= 0.3 is 0 Å². The van der Waals surface area contributed by atoms with Crippen molar-refractivity contribution >= 4 is 45.2 Å². The number of hydrogen-bond acceptors (Lipinski definition) is 5. The molecule has 2 aromatic carbocycles. The first-order valence-corrected chi connectivity index (χ1v) is 13.0. The van der Waals surface area contributed by atoms with Crippen molar-refractivity contribution in [3.63, 3.8) is 0 Å². The Kier molecular flexibility index (Phi) is 8.90. The Morgan fingerprint density at radius 1 is 1.09 bits per heavy atom. The number of halogens is 1. The molecule has 3 rings (SSSR count). The molecule has 1 atom stereocenters. The van der Waals surface area contributed by atoms with Gasteiger partial charge in [-0.1, -0.05) is 59.2 Å². The number of anilines is 1. The molecular formula is C25H30BrN5O2S. The van der Waals surface area contributed by atoms with E-state index in [0.29, 0.717) is 23.1 Å². The van der Waals surface area contributed by atoms with Crippen molar-refractivity contribution in [3.05, 3.63) is 69.5 Å². The second-order valence-electron chi connectivity index (χ2n) is 8.45. The summed E-state index contributed by atoms with van der Waals surface area (Å²) >= 11 is 4.80. The fraction of sp³-hybridized carbons (Fsp3) is 0.360. The largest absolute Gasteiger partial charge is 0.342 e. The van der Waals surface area contributed by atoms with Gasteiger partial charge in [0.15, 0.2) is 11.0 Å². The minimum absolute atomic E-state index is 0.102. The molecular weight excluding hydrogens is 514 g/mol. The van der Waals surface area contributed by atoms with Crippen molar-refractivity contribution < 1.29 is 9.59 Å². The van der Waals surface area contributed by atoms with Crippen LogP contribution in [-0.4, -0.2) is 32.3 Å². The summed E-state index contributed by atoms with van der Waals surface area (Å²) < 4.78 is 2.96. The Morgan fingerprint density at radius 2 is 1.79 bits per heavy atom. The molecule has 3 aromatic rings. The number of benzene rings is 2. The van der Waals surface area contributed by atoms with Gasteiger partial charge < -0.3 is 15.2 Å². The van der Waals surface area contributed by atoms with E-state index >= 15 is 0 Å². The summed E-state index contributed by atoms with van der Waals surface area (Å²) in [6, 6.07) is 12.9.